The van der Waals surface area contributed by atoms with E-state index in [0.29, 0.717) is 0 Å². The van der Waals surface area contributed by atoms with Crippen molar-refractivity contribution in [3.8, 4) is 0 Å². The third kappa shape index (κ3) is 1.91. The van der Waals surface area contributed by atoms with Gasteiger partial charge in [0.1, 0.15) is 5.52 Å². The number of aromatic nitrogens is 4. The zero-order chi connectivity index (χ0) is 10.7. The molecule has 0 spiro atoms. The van der Waals surface area contributed by atoms with E-state index in [0.717, 1.165) is 36.6 Å². The van der Waals surface area contributed by atoms with E-state index < -0.39 is 0 Å². The molecule has 2 aromatic rings. The maximum absolute atomic E-state index is 4.40. The van der Waals surface area contributed by atoms with Crippen LogP contribution in [0.5, 0.6) is 0 Å². The fourth-order valence-corrected chi connectivity index (χ4v) is 1.55. The van der Waals surface area contributed by atoms with Gasteiger partial charge in [-0.1, -0.05) is 6.92 Å². The van der Waals surface area contributed by atoms with E-state index in [2.05, 4.69) is 38.7 Å². The number of fused-ring (bicyclic) bond motifs is 1. The van der Waals surface area contributed by atoms with Gasteiger partial charge >= 0.3 is 0 Å². The molecule has 0 amide bonds. The van der Waals surface area contributed by atoms with Crippen LogP contribution in [0.4, 0.5) is 5.95 Å². The summed E-state index contributed by atoms with van der Waals surface area (Å²) in [5.74, 6) is 0.763. The molecule has 1 N–H and O–H groups in total. The first-order chi connectivity index (χ1) is 7.35. The molecule has 0 bridgehead atoms. The molecular formula is C10H15N5. The van der Waals surface area contributed by atoms with Gasteiger partial charge in [-0.25, -0.2) is 9.97 Å². The highest BCUT2D eigenvalue weighted by Gasteiger charge is 2.07. The quantitative estimate of drug-likeness (QED) is 0.823. The van der Waals surface area contributed by atoms with E-state index in [4.69, 9.17) is 0 Å². The monoisotopic (exact) mass is 205 g/mol. The molecule has 0 radical (unpaired) electrons. The van der Waals surface area contributed by atoms with Gasteiger partial charge in [0.05, 0.1) is 12.5 Å². The van der Waals surface area contributed by atoms with E-state index >= 15 is 0 Å². The van der Waals surface area contributed by atoms with Gasteiger partial charge in [0.25, 0.3) is 0 Å². The predicted molar refractivity (Wildman–Crippen MR) is 59.9 cm³/mol. The van der Waals surface area contributed by atoms with Gasteiger partial charge in [0.15, 0.2) is 5.65 Å². The third-order valence-corrected chi connectivity index (χ3v) is 2.32. The molecule has 0 unspecified atom stereocenters. The summed E-state index contributed by atoms with van der Waals surface area (Å²) < 4.78 is 0. The summed E-state index contributed by atoms with van der Waals surface area (Å²) in [6.45, 7) is 6.15. The van der Waals surface area contributed by atoms with Crippen LogP contribution in [0.2, 0.25) is 0 Å². The Balaban J connectivity index is 2.33. The van der Waals surface area contributed by atoms with Gasteiger partial charge in [0, 0.05) is 13.1 Å². The summed E-state index contributed by atoms with van der Waals surface area (Å²) in [6, 6.07) is 0. The molecule has 0 fully saturated rings. The van der Waals surface area contributed by atoms with E-state index in [-0.39, 0.29) is 0 Å². The van der Waals surface area contributed by atoms with Crippen LogP contribution in [0, 0.1) is 0 Å². The molecule has 0 aliphatic rings. The van der Waals surface area contributed by atoms with Gasteiger partial charge in [-0.2, -0.15) is 4.98 Å². The van der Waals surface area contributed by atoms with Crippen molar-refractivity contribution in [2.45, 2.75) is 20.3 Å². The van der Waals surface area contributed by atoms with E-state index in [1.165, 1.54) is 0 Å². The average molecular weight is 205 g/mol. The number of hydrogen-bond donors (Lipinski definition) is 1. The predicted octanol–water partition coefficient (Wildman–Crippen LogP) is 1.59. The fraction of sp³-hybridized carbons (Fsp3) is 0.500. The molecule has 0 aliphatic heterocycles. The van der Waals surface area contributed by atoms with Crippen LogP contribution in [0.3, 0.4) is 0 Å². The highest BCUT2D eigenvalue weighted by molar-refractivity contribution is 5.69. The number of nitrogens with one attached hydrogen (secondary N) is 1. The Bertz CT molecular complexity index is 436. The normalized spacial score (nSPS) is 10.8. The second kappa shape index (κ2) is 4.25. The first-order valence-electron chi connectivity index (χ1n) is 5.26. The Morgan fingerprint density at radius 3 is 2.93 bits per heavy atom. The standard InChI is InChI=1S/C10H15N5/c1-3-5-15(4-2)10-11-6-8-9(14-10)13-7-12-8/h6-7H,3-5H2,1-2H3,(H,11,12,13,14). The van der Waals surface area contributed by atoms with Crippen LogP contribution in [-0.4, -0.2) is 33.0 Å². The first kappa shape index (κ1) is 9.89. The van der Waals surface area contributed by atoms with Gasteiger partial charge < -0.3 is 9.88 Å². The van der Waals surface area contributed by atoms with Crippen LogP contribution in [0.15, 0.2) is 12.5 Å². The summed E-state index contributed by atoms with van der Waals surface area (Å²) in [5.41, 5.74) is 1.61. The molecule has 0 saturated carbocycles. The van der Waals surface area contributed by atoms with E-state index in [1.54, 1.807) is 12.5 Å². The molecule has 80 valence electrons. The Hall–Kier alpha value is -1.65. The minimum Gasteiger partial charge on any atom is -0.342 e. The summed E-state index contributed by atoms with van der Waals surface area (Å²) in [5, 5.41) is 0. The SMILES string of the molecule is CCCN(CC)c1ncc2[nH]cnc2n1. The van der Waals surface area contributed by atoms with Gasteiger partial charge in [-0.15, -0.1) is 0 Å². The van der Waals surface area contributed by atoms with Crippen LogP contribution in [0.25, 0.3) is 11.2 Å². The lowest BCUT2D eigenvalue weighted by atomic mass is 10.4. The van der Waals surface area contributed by atoms with Crippen molar-refractivity contribution < 1.29 is 0 Å². The molecule has 15 heavy (non-hydrogen) atoms. The van der Waals surface area contributed by atoms with Crippen LogP contribution >= 0.6 is 0 Å². The lowest BCUT2D eigenvalue weighted by Crippen LogP contribution is -2.25. The summed E-state index contributed by atoms with van der Waals surface area (Å²) in [4.78, 5) is 18.0. The molecular weight excluding hydrogens is 190 g/mol. The molecule has 0 aromatic carbocycles. The van der Waals surface area contributed by atoms with Crippen molar-refractivity contribution in [1.29, 1.82) is 0 Å². The lowest BCUT2D eigenvalue weighted by molar-refractivity contribution is 0.765. The topological polar surface area (TPSA) is 57.7 Å². The zero-order valence-electron chi connectivity index (χ0n) is 9.06. The van der Waals surface area contributed by atoms with Crippen molar-refractivity contribution in [1.82, 2.24) is 19.9 Å². The Labute approximate surface area is 88.6 Å². The minimum atomic E-state index is 0.731. The Morgan fingerprint density at radius 1 is 1.33 bits per heavy atom. The molecule has 5 nitrogen and oxygen atoms in total. The van der Waals surface area contributed by atoms with E-state index in [1.807, 2.05) is 0 Å². The number of H-pyrrole nitrogens is 1. The highest BCUT2D eigenvalue weighted by atomic mass is 15.3. The molecule has 2 heterocycles. The molecule has 2 rings (SSSR count). The molecule has 0 aliphatic carbocycles. The van der Waals surface area contributed by atoms with Crippen LogP contribution in [-0.2, 0) is 0 Å². The van der Waals surface area contributed by atoms with Crippen molar-refractivity contribution in [2.24, 2.45) is 0 Å². The summed E-state index contributed by atoms with van der Waals surface area (Å²) in [7, 11) is 0. The van der Waals surface area contributed by atoms with Crippen molar-refractivity contribution >= 4 is 17.1 Å². The second-order valence-electron chi connectivity index (χ2n) is 3.39. The van der Waals surface area contributed by atoms with Crippen molar-refractivity contribution in [3.05, 3.63) is 12.5 Å². The number of rotatable bonds is 4. The van der Waals surface area contributed by atoms with E-state index in [9.17, 15) is 0 Å². The smallest absolute Gasteiger partial charge is 0.227 e. The maximum Gasteiger partial charge on any atom is 0.227 e. The molecule has 0 saturated heterocycles. The van der Waals surface area contributed by atoms with Crippen molar-refractivity contribution in [2.75, 3.05) is 18.0 Å². The number of aromatic amines is 1. The lowest BCUT2D eigenvalue weighted by Gasteiger charge is -2.19. The average Bonchev–Trinajstić information content (AvgIpc) is 2.72. The largest absolute Gasteiger partial charge is 0.342 e. The maximum atomic E-state index is 4.40. The molecule has 0 atom stereocenters. The second-order valence-corrected chi connectivity index (χ2v) is 3.39. The summed E-state index contributed by atoms with van der Waals surface area (Å²) in [6.07, 6.45) is 4.51. The summed E-state index contributed by atoms with van der Waals surface area (Å²) >= 11 is 0. The number of nitrogens with zero attached hydrogens (tertiary/aromatic N) is 4. The third-order valence-electron chi connectivity index (χ3n) is 2.32. The minimum absolute atomic E-state index is 0.731. The number of imidazole rings is 1. The fourth-order valence-electron chi connectivity index (χ4n) is 1.55. The molecule has 5 heteroatoms. The van der Waals surface area contributed by atoms with Gasteiger partial charge in [-0.3, -0.25) is 0 Å². The Kier molecular flexibility index (Phi) is 2.80. The first-order valence-corrected chi connectivity index (χ1v) is 5.26. The van der Waals surface area contributed by atoms with Crippen molar-refractivity contribution in [3.63, 3.8) is 0 Å². The van der Waals surface area contributed by atoms with Gasteiger partial charge in [0.2, 0.25) is 5.95 Å². The van der Waals surface area contributed by atoms with Gasteiger partial charge in [-0.05, 0) is 13.3 Å². The highest BCUT2D eigenvalue weighted by Crippen LogP contribution is 2.11. The number of hydrogen-bond acceptors (Lipinski definition) is 4. The van der Waals surface area contributed by atoms with Crippen LogP contribution < -0.4 is 4.90 Å². The zero-order valence-corrected chi connectivity index (χ0v) is 9.06. The number of anilines is 1. The Morgan fingerprint density at radius 2 is 2.20 bits per heavy atom. The van der Waals surface area contributed by atoms with Crippen LogP contribution in [0.1, 0.15) is 20.3 Å². The molecule has 2 aromatic heterocycles.